The Morgan fingerprint density at radius 2 is 2.31 bits per heavy atom. The summed E-state index contributed by atoms with van der Waals surface area (Å²) in [7, 11) is 3.82. The molecule has 1 saturated carbocycles. The quantitative estimate of drug-likeness (QED) is 0.857. The Hall–Kier alpha value is -0.810. The molecule has 4 nitrogen and oxygen atoms in total. The molecule has 1 aromatic heterocycles. The van der Waals surface area contributed by atoms with E-state index in [1.54, 1.807) is 7.11 Å². The van der Waals surface area contributed by atoms with Gasteiger partial charge >= 0.3 is 0 Å². The second-order valence-corrected chi connectivity index (χ2v) is 5.23. The van der Waals surface area contributed by atoms with Gasteiger partial charge in [0.25, 0.3) is 0 Å². The highest BCUT2D eigenvalue weighted by Crippen LogP contribution is 2.48. The van der Waals surface area contributed by atoms with Crippen LogP contribution in [0.2, 0.25) is 0 Å². The second-order valence-electron chi connectivity index (χ2n) is 4.48. The van der Waals surface area contributed by atoms with Crippen molar-refractivity contribution in [2.45, 2.75) is 31.7 Å². The first-order valence-electron chi connectivity index (χ1n) is 5.62. The summed E-state index contributed by atoms with van der Waals surface area (Å²) >= 11 is 1.50. The van der Waals surface area contributed by atoms with Crippen LogP contribution in [0.25, 0.3) is 0 Å². The van der Waals surface area contributed by atoms with Gasteiger partial charge in [0, 0.05) is 25.8 Å². The monoisotopic (exact) mass is 241 g/mol. The number of hydrogen-bond acceptors (Lipinski definition) is 5. The fourth-order valence-corrected chi connectivity index (χ4v) is 2.83. The summed E-state index contributed by atoms with van der Waals surface area (Å²) in [5.41, 5.74) is 7.20. The maximum atomic E-state index is 5.94. The summed E-state index contributed by atoms with van der Waals surface area (Å²) < 4.78 is 9.46. The van der Waals surface area contributed by atoms with Crippen LogP contribution in [0, 0.1) is 0 Å². The molecule has 1 atom stereocenters. The minimum atomic E-state index is 0.349. The first-order chi connectivity index (χ1) is 7.65. The third-order valence-electron chi connectivity index (χ3n) is 3.11. The minimum absolute atomic E-state index is 0.349. The molecule has 0 amide bonds. The van der Waals surface area contributed by atoms with Crippen LogP contribution in [0.4, 0.5) is 10.8 Å². The molecule has 1 unspecified atom stereocenters. The van der Waals surface area contributed by atoms with Crippen molar-refractivity contribution in [3.05, 3.63) is 5.56 Å². The van der Waals surface area contributed by atoms with E-state index in [9.17, 15) is 0 Å². The zero-order valence-electron chi connectivity index (χ0n) is 10.1. The smallest absolute Gasteiger partial charge is 0.142 e. The second kappa shape index (κ2) is 4.59. The predicted octanol–water partition coefficient (Wildman–Crippen LogP) is 2.07. The molecule has 0 saturated heterocycles. The van der Waals surface area contributed by atoms with Crippen LogP contribution in [0.1, 0.15) is 31.2 Å². The maximum absolute atomic E-state index is 5.94. The van der Waals surface area contributed by atoms with Crippen LogP contribution in [0.3, 0.4) is 0 Å². The average molecular weight is 241 g/mol. The lowest BCUT2D eigenvalue weighted by molar-refractivity contribution is 0.183. The Morgan fingerprint density at radius 3 is 2.88 bits per heavy atom. The Bertz CT molecular complexity index is 362. The van der Waals surface area contributed by atoms with E-state index in [1.807, 2.05) is 0 Å². The molecule has 1 heterocycles. The molecule has 2 rings (SSSR count). The van der Waals surface area contributed by atoms with E-state index in [1.165, 1.54) is 34.9 Å². The number of nitrogen functional groups attached to an aromatic ring is 1. The Labute approximate surface area is 101 Å². The van der Waals surface area contributed by atoms with Crippen molar-refractivity contribution in [1.29, 1.82) is 0 Å². The van der Waals surface area contributed by atoms with Crippen molar-refractivity contribution in [1.82, 2.24) is 4.37 Å². The van der Waals surface area contributed by atoms with Gasteiger partial charge in [-0.2, -0.15) is 4.37 Å². The summed E-state index contributed by atoms with van der Waals surface area (Å²) in [6.07, 6.45) is 2.50. The average Bonchev–Trinajstić information content (AvgIpc) is 3.02. The van der Waals surface area contributed by atoms with Gasteiger partial charge in [-0.15, -0.1) is 0 Å². The van der Waals surface area contributed by atoms with Crippen LogP contribution in [-0.2, 0) is 4.74 Å². The van der Waals surface area contributed by atoms with Gasteiger partial charge in [0.2, 0.25) is 0 Å². The number of hydrogen-bond donors (Lipinski definition) is 1. The highest BCUT2D eigenvalue weighted by Gasteiger charge is 2.32. The number of nitrogens with two attached hydrogens (primary N) is 1. The number of aromatic nitrogens is 1. The van der Waals surface area contributed by atoms with Crippen LogP contribution in [0.15, 0.2) is 0 Å². The summed E-state index contributed by atoms with van der Waals surface area (Å²) in [5.74, 6) is 1.37. The van der Waals surface area contributed by atoms with Crippen LogP contribution < -0.4 is 10.6 Å². The number of rotatable bonds is 5. The van der Waals surface area contributed by atoms with Gasteiger partial charge < -0.3 is 15.4 Å². The van der Waals surface area contributed by atoms with Gasteiger partial charge in [-0.05, 0) is 37.2 Å². The highest BCUT2D eigenvalue weighted by atomic mass is 32.1. The molecule has 1 aliphatic carbocycles. The highest BCUT2D eigenvalue weighted by molar-refractivity contribution is 7.10. The molecule has 5 heteroatoms. The van der Waals surface area contributed by atoms with Crippen LogP contribution in [-0.4, -0.2) is 31.2 Å². The van der Waals surface area contributed by atoms with Gasteiger partial charge in [0.1, 0.15) is 10.8 Å². The van der Waals surface area contributed by atoms with E-state index in [0.717, 1.165) is 12.4 Å². The van der Waals surface area contributed by atoms with Crippen LogP contribution in [0.5, 0.6) is 0 Å². The summed E-state index contributed by atoms with van der Waals surface area (Å²) in [5, 5.41) is 1.21. The lowest BCUT2D eigenvalue weighted by Crippen LogP contribution is -2.32. The Morgan fingerprint density at radius 1 is 1.62 bits per heavy atom. The Kier molecular flexibility index (Phi) is 3.35. The Balaban J connectivity index is 2.19. The summed E-state index contributed by atoms with van der Waals surface area (Å²) in [6.45, 7) is 2.87. The molecule has 1 aromatic rings. The van der Waals surface area contributed by atoms with Gasteiger partial charge in [-0.25, -0.2) is 0 Å². The standard InChI is InChI=1S/C11H19N3OS/c1-7(6-15-3)14(2)11-9(8-4-5-8)10(12)13-16-11/h7-8H,4-6H2,1-3H3,(H2,12,13). The molecule has 16 heavy (non-hydrogen) atoms. The molecule has 0 aliphatic heterocycles. The van der Waals surface area contributed by atoms with Crippen molar-refractivity contribution in [2.24, 2.45) is 0 Å². The van der Waals surface area contributed by atoms with Gasteiger partial charge in [0.05, 0.1) is 6.61 Å². The van der Waals surface area contributed by atoms with E-state index in [2.05, 4.69) is 23.2 Å². The van der Waals surface area contributed by atoms with Gasteiger partial charge in [-0.1, -0.05) is 0 Å². The van der Waals surface area contributed by atoms with Crippen molar-refractivity contribution in [3.8, 4) is 0 Å². The molecule has 2 N–H and O–H groups in total. The first-order valence-corrected chi connectivity index (χ1v) is 6.39. The zero-order valence-corrected chi connectivity index (χ0v) is 10.9. The molecule has 90 valence electrons. The van der Waals surface area contributed by atoms with Gasteiger partial charge in [0.15, 0.2) is 0 Å². The number of likely N-dealkylation sites (N-methyl/N-ethyl adjacent to an activating group) is 1. The SMILES string of the molecule is COCC(C)N(C)c1snc(N)c1C1CC1. The molecular formula is C11H19N3OS. The minimum Gasteiger partial charge on any atom is -0.383 e. The summed E-state index contributed by atoms with van der Waals surface area (Å²) in [6, 6.07) is 0.349. The van der Waals surface area contributed by atoms with Crippen LogP contribution >= 0.6 is 11.5 Å². The first kappa shape index (κ1) is 11.7. The summed E-state index contributed by atoms with van der Waals surface area (Å²) in [4.78, 5) is 2.23. The van der Waals surface area contributed by atoms with E-state index in [-0.39, 0.29) is 0 Å². The third-order valence-corrected chi connectivity index (χ3v) is 4.08. The fraction of sp³-hybridized carbons (Fsp3) is 0.727. The molecule has 0 bridgehead atoms. The van der Waals surface area contributed by atoms with E-state index in [4.69, 9.17) is 10.5 Å². The van der Waals surface area contributed by atoms with Crippen molar-refractivity contribution in [3.63, 3.8) is 0 Å². The number of anilines is 2. The van der Waals surface area contributed by atoms with E-state index in [0.29, 0.717) is 12.0 Å². The number of ether oxygens (including phenoxy) is 1. The molecule has 0 radical (unpaired) electrons. The molecule has 1 aliphatic rings. The van der Waals surface area contributed by atoms with Crippen molar-refractivity contribution >= 4 is 22.4 Å². The molecular weight excluding hydrogens is 222 g/mol. The number of methoxy groups -OCH3 is 1. The lowest BCUT2D eigenvalue weighted by atomic mass is 10.2. The fourth-order valence-electron chi connectivity index (χ4n) is 1.86. The predicted molar refractivity (Wildman–Crippen MR) is 68.2 cm³/mol. The van der Waals surface area contributed by atoms with E-state index >= 15 is 0 Å². The lowest BCUT2D eigenvalue weighted by Gasteiger charge is -2.25. The maximum Gasteiger partial charge on any atom is 0.142 e. The normalized spacial score (nSPS) is 17.4. The van der Waals surface area contributed by atoms with Crippen molar-refractivity contribution < 1.29 is 4.74 Å². The van der Waals surface area contributed by atoms with E-state index < -0.39 is 0 Å². The third kappa shape index (κ3) is 2.15. The van der Waals surface area contributed by atoms with Gasteiger partial charge in [-0.3, -0.25) is 0 Å². The molecule has 0 aromatic carbocycles. The van der Waals surface area contributed by atoms with Crippen molar-refractivity contribution in [2.75, 3.05) is 31.4 Å². The number of nitrogens with zero attached hydrogens (tertiary/aromatic N) is 2. The molecule has 1 fully saturated rings. The molecule has 0 spiro atoms. The topological polar surface area (TPSA) is 51.4 Å². The largest absolute Gasteiger partial charge is 0.383 e. The zero-order chi connectivity index (χ0) is 11.7.